The molecule has 82 valence electrons. The van der Waals surface area contributed by atoms with E-state index in [2.05, 4.69) is 20.8 Å². The number of carbonyl (C=O) groups is 1. The van der Waals surface area contributed by atoms with Crippen molar-refractivity contribution in [2.75, 3.05) is 0 Å². The van der Waals surface area contributed by atoms with Gasteiger partial charge in [-0.3, -0.25) is 4.79 Å². The fourth-order valence-electron chi connectivity index (χ4n) is 2.56. The molecule has 0 bridgehead atoms. The highest BCUT2D eigenvalue weighted by Crippen LogP contribution is 2.34. The number of Topliss-reactive ketones (excluding diaryl/α,β-unsaturated/α-hetero) is 1. The summed E-state index contributed by atoms with van der Waals surface area (Å²) in [4.78, 5) is 11.7. The molecule has 14 heavy (non-hydrogen) atoms. The van der Waals surface area contributed by atoms with E-state index in [-0.39, 0.29) is 0 Å². The maximum atomic E-state index is 11.7. The van der Waals surface area contributed by atoms with Gasteiger partial charge in [-0.2, -0.15) is 0 Å². The number of ketones is 1. The minimum atomic E-state index is 0.407. The van der Waals surface area contributed by atoms with Crippen molar-refractivity contribution in [2.24, 2.45) is 17.8 Å². The summed E-state index contributed by atoms with van der Waals surface area (Å²) in [5, 5.41) is 0. The zero-order valence-corrected chi connectivity index (χ0v) is 9.88. The first-order valence-corrected chi connectivity index (χ1v) is 6.17. The number of hydrogen-bond donors (Lipinski definition) is 0. The lowest BCUT2D eigenvalue weighted by Crippen LogP contribution is -2.23. The highest BCUT2D eigenvalue weighted by molar-refractivity contribution is 5.80. The molecule has 1 rings (SSSR count). The molecule has 0 unspecified atom stereocenters. The van der Waals surface area contributed by atoms with Crippen molar-refractivity contribution in [3.8, 4) is 0 Å². The van der Waals surface area contributed by atoms with Crippen LogP contribution < -0.4 is 0 Å². The van der Waals surface area contributed by atoms with Crippen LogP contribution in [-0.2, 0) is 4.79 Å². The van der Waals surface area contributed by atoms with Crippen molar-refractivity contribution in [3.05, 3.63) is 0 Å². The van der Waals surface area contributed by atoms with E-state index >= 15 is 0 Å². The molecule has 1 saturated carbocycles. The van der Waals surface area contributed by atoms with Gasteiger partial charge in [-0.15, -0.1) is 0 Å². The molecule has 0 aromatic carbocycles. The lowest BCUT2D eigenvalue weighted by atomic mass is 9.75. The van der Waals surface area contributed by atoms with Crippen molar-refractivity contribution < 1.29 is 4.79 Å². The molecule has 0 spiro atoms. The van der Waals surface area contributed by atoms with Crippen LogP contribution in [0.3, 0.4) is 0 Å². The van der Waals surface area contributed by atoms with Crippen LogP contribution in [0.4, 0.5) is 0 Å². The summed E-state index contributed by atoms with van der Waals surface area (Å²) in [5.74, 6) is 2.61. The fraction of sp³-hybridized carbons (Fsp3) is 0.923. The highest BCUT2D eigenvalue weighted by atomic mass is 16.1. The normalized spacial score (nSPS) is 28.0. The molecule has 1 fully saturated rings. The zero-order chi connectivity index (χ0) is 10.6. The van der Waals surface area contributed by atoms with Crippen LogP contribution in [0.5, 0.6) is 0 Å². The van der Waals surface area contributed by atoms with Crippen LogP contribution in [0.1, 0.15) is 59.3 Å². The van der Waals surface area contributed by atoms with Gasteiger partial charge in [0.15, 0.2) is 0 Å². The van der Waals surface area contributed by atoms with Crippen molar-refractivity contribution in [1.29, 1.82) is 0 Å². The van der Waals surface area contributed by atoms with Crippen molar-refractivity contribution in [3.63, 3.8) is 0 Å². The molecule has 1 aliphatic carbocycles. The van der Waals surface area contributed by atoms with E-state index in [1.165, 1.54) is 12.8 Å². The monoisotopic (exact) mass is 196 g/mol. The molecule has 0 N–H and O–H groups in total. The zero-order valence-electron chi connectivity index (χ0n) is 9.88. The number of hydrogen-bond acceptors (Lipinski definition) is 1. The van der Waals surface area contributed by atoms with Gasteiger partial charge in [-0.25, -0.2) is 0 Å². The quantitative estimate of drug-likeness (QED) is 0.668. The minimum absolute atomic E-state index is 0.407. The predicted octanol–water partition coefficient (Wildman–Crippen LogP) is 3.82. The van der Waals surface area contributed by atoms with Crippen molar-refractivity contribution in [1.82, 2.24) is 0 Å². The van der Waals surface area contributed by atoms with Gasteiger partial charge in [-0.1, -0.05) is 20.8 Å². The molecule has 0 amide bonds. The first-order chi connectivity index (χ1) is 6.65. The Morgan fingerprint density at radius 1 is 1.21 bits per heavy atom. The SMILES string of the molecule is CCCC(=O)C1CCC(C(C)C)CC1. The average Bonchev–Trinajstić information content (AvgIpc) is 2.18. The van der Waals surface area contributed by atoms with Gasteiger partial charge in [0.25, 0.3) is 0 Å². The van der Waals surface area contributed by atoms with Crippen LogP contribution >= 0.6 is 0 Å². The van der Waals surface area contributed by atoms with E-state index in [9.17, 15) is 4.79 Å². The first kappa shape index (κ1) is 11.7. The molecule has 1 aliphatic rings. The Morgan fingerprint density at radius 2 is 1.79 bits per heavy atom. The summed E-state index contributed by atoms with van der Waals surface area (Å²) in [6.07, 6.45) is 6.68. The highest BCUT2D eigenvalue weighted by Gasteiger charge is 2.26. The molecule has 0 aromatic rings. The van der Waals surface area contributed by atoms with E-state index in [4.69, 9.17) is 0 Å². The molecule has 0 radical (unpaired) electrons. The largest absolute Gasteiger partial charge is 0.299 e. The second-order valence-electron chi connectivity index (χ2n) is 5.07. The maximum Gasteiger partial charge on any atom is 0.135 e. The summed E-state index contributed by atoms with van der Waals surface area (Å²) < 4.78 is 0. The van der Waals surface area contributed by atoms with E-state index < -0.39 is 0 Å². The Hall–Kier alpha value is -0.330. The fourth-order valence-corrected chi connectivity index (χ4v) is 2.56. The second kappa shape index (κ2) is 5.53. The summed E-state index contributed by atoms with van der Waals surface area (Å²) in [6, 6.07) is 0. The molecule has 1 nitrogen and oxygen atoms in total. The molecule has 1 heteroatoms. The van der Waals surface area contributed by atoms with Gasteiger partial charge in [0.2, 0.25) is 0 Å². The number of carbonyl (C=O) groups excluding carboxylic acids is 1. The Labute approximate surface area is 88.3 Å². The van der Waals surface area contributed by atoms with Crippen LogP contribution in [0.15, 0.2) is 0 Å². The summed E-state index contributed by atoms with van der Waals surface area (Å²) in [6.45, 7) is 6.70. The minimum Gasteiger partial charge on any atom is -0.299 e. The molecule has 0 heterocycles. The third kappa shape index (κ3) is 3.11. The second-order valence-corrected chi connectivity index (χ2v) is 5.07. The Kier molecular flexibility index (Phi) is 4.64. The summed E-state index contributed by atoms with van der Waals surface area (Å²) in [7, 11) is 0. The molecule has 0 saturated heterocycles. The molecular formula is C13H24O. The topological polar surface area (TPSA) is 17.1 Å². The summed E-state index contributed by atoms with van der Waals surface area (Å²) >= 11 is 0. The van der Waals surface area contributed by atoms with Gasteiger partial charge < -0.3 is 0 Å². The van der Waals surface area contributed by atoms with Crippen molar-refractivity contribution >= 4 is 5.78 Å². The molecule has 0 aromatic heterocycles. The van der Waals surface area contributed by atoms with Crippen LogP contribution in [0, 0.1) is 17.8 Å². The third-order valence-electron chi connectivity index (χ3n) is 3.67. The van der Waals surface area contributed by atoms with E-state index in [1.54, 1.807) is 0 Å². The van der Waals surface area contributed by atoms with Crippen LogP contribution in [0.2, 0.25) is 0 Å². The van der Waals surface area contributed by atoms with Gasteiger partial charge in [0, 0.05) is 12.3 Å². The Bertz CT molecular complexity index is 176. The lowest BCUT2D eigenvalue weighted by molar-refractivity contribution is -0.124. The predicted molar refractivity (Wildman–Crippen MR) is 60.2 cm³/mol. The number of rotatable bonds is 4. The van der Waals surface area contributed by atoms with Crippen LogP contribution in [-0.4, -0.2) is 5.78 Å². The van der Waals surface area contributed by atoms with E-state index in [0.717, 1.165) is 37.5 Å². The van der Waals surface area contributed by atoms with Gasteiger partial charge >= 0.3 is 0 Å². The van der Waals surface area contributed by atoms with E-state index in [0.29, 0.717) is 11.7 Å². The van der Waals surface area contributed by atoms with Crippen LogP contribution in [0.25, 0.3) is 0 Å². The smallest absolute Gasteiger partial charge is 0.135 e. The lowest BCUT2D eigenvalue weighted by Gasteiger charge is -2.30. The Morgan fingerprint density at radius 3 is 2.21 bits per heavy atom. The molecule has 0 atom stereocenters. The Balaban J connectivity index is 2.31. The van der Waals surface area contributed by atoms with Gasteiger partial charge in [-0.05, 0) is 43.9 Å². The molecular weight excluding hydrogens is 172 g/mol. The summed E-state index contributed by atoms with van der Waals surface area (Å²) in [5.41, 5.74) is 0. The standard InChI is InChI=1S/C13H24O/c1-4-5-13(14)12-8-6-11(7-9-12)10(2)3/h10-12H,4-9H2,1-3H3. The first-order valence-electron chi connectivity index (χ1n) is 6.17. The third-order valence-corrected chi connectivity index (χ3v) is 3.67. The maximum absolute atomic E-state index is 11.7. The molecule has 0 aliphatic heterocycles. The average molecular weight is 196 g/mol. The van der Waals surface area contributed by atoms with Gasteiger partial charge in [0.1, 0.15) is 5.78 Å². The van der Waals surface area contributed by atoms with E-state index in [1.807, 2.05) is 0 Å². The van der Waals surface area contributed by atoms with Gasteiger partial charge in [0.05, 0.1) is 0 Å². The van der Waals surface area contributed by atoms with Crippen molar-refractivity contribution in [2.45, 2.75) is 59.3 Å².